The molecule has 0 spiro atoms. The van der Waals surface area contributed by atoms with E-state index in [4.69, 9.17) is 0 Å². The van der Waals surface area contributed by atoms with E-state index in [0.29, 0.717) is 6.54 Å². The maximum atomic E-state index is 12.7. The summed E-state index contributed by atoms with van der Waals surface area (Å²) in [6, 6.07) is 9.05. The number of rotatable bonds is 5. The molecule has 1 aromatic rings. The van der Waals surface area contributed by atoms with E-state index in [1.54, 1.807) is 12.1 Å². The molecule has 162 valence electrons. The summed E-state index contributed by atoms with van der Waals surface area (Å²) in [5.41, 5.74) is 4.21. The summed E-state index contributed by atoms with van der Waals surface area (Å²) in [5.74, 6) is -0.333. The number of nitrogens with zero attached hydrogens (tertiary/aromatic N) is 2. The lowest BCUT2D eigenvalue weighted by Crippen LogP contribution is -2.54. The van der Waals surface area contributed by atoms with E-state index in [9.17, 15) is 18.5 Å². The molecule has 5 atom stereocenters. The van der Waals surface area contributed by atoms with Crippen molar-refractivity contribution in [3.63, 3.8) is 0 Å². The van der Waals surface area contributed by atoms with E-state index >= 15 is 0 Å². The van der Waals surface area contributed by atoms with Gasteiger partial charge in [-0.3, -0.25) is 4.79 Å². The molecule has 4 rings (SSSR count). The van der Waals surface area contributed by atoms with Gasteiger partial charge in [-0.15, -0.1) is 0 Å². The van der Waals surface area contributed by atoms with Crippen molar-refractivity contribution in [2.75, 3.05) is 18.9 Å². The summed E-state index contributed by atoms with van der Waals surface area (Å²) >= 11 is 0. The van der Waals surface area contributed by atoms with Gasteiger partial charge in [0.15, 0.2) is 0 Å². The fraction of sp³-hybridized carbons (Fsp3) is 0.600. The highest BCUT2D eigenvalue weighted by atomic mass is 32.2. The molecule has 3 fully saturated rings. The number of nitriles is 1. The first-order valence-corrected chi connectivity index (χ1v) is 11.9. The lowest BCUT2D eigenvalue weighted by molar-refractivity contribution is -0.128. The summed E-state index contributed by atoms with van der Waals surface area (Å²) in [6.45, 7) is 0.630. The second-order valence-corrected chi connectivity index (χ2v) is 10.0. The molecule has 0 aromatic heterocycles. The van der Waals surface area contributed by atoms with Gasteiger partial charge in [0, 0.05) is 24.3 Å². The van der Waals surface area contributed by atoms with Crippen LogP contribution >= 0.6 is 0 Å². The summed E-state index contributed by atoms with van der Waals surface area (Å²) in [5, 5.41) is 18.1. The number of fused-ring (bicyclic) bond motifs is 1. The third-order valence-corrected chi connectivity index (χ3v) is 7.90. The SMILES string of the molecule is CNS(=O)(=O)c1ccc(NC2NN([C@H]3CCCC[C@@H]3C#N)C3CCNC(=O)C23)cc1. The molecule has 1 aromatic carbocycles. The van der Waals surface area contributed by atoms with E-state index in [0.717, 1.165) is 37.8 Å². The number of amides is 1. The second kappa shape index (κ2) is 8.51. The highest BCUT2D eigenvalue weighted by molar-refractivity contribution is 7.89. The number of nitrogens with one attached hydrogen (secondary N) is 4. The minimum Gasteiger partial charge on any atom is -0.368 e. The Morgan fingerprint density at radius 2 is 1.87 bits per heavy atom. The van der Waals surface area contributed by atoms with Crippen molar-refractivity contribution in [3.8, 4) is 6.07 Å². The number of piperidine rings is 1. The number of benzene rings is 1. The molecule has 4 N–H and O–H groups in total. The quantitative estimate of drug-likeness (QED) is 0.541. The molecule has 2 heterocycles. The summed E-state index contributed by atoms with van der Waals surface area (Å²) in [7, 11) is -2.12. The maximum absolute atomic E-state index is 12.7. The second-order valence-electron chi connectivity index (χ2n) is 8.15. The predicted molar refractivity (Wildman–Crippen MR) is 111 cm³/mol. The highest BCUT2D eigenvalue weighted by Crippen LogP contribution is 2.36. The first kappa shape index (κ1) is 21.1. The maximum Gasteiger partial charge on any atom is 0.240 e. The van der Waals surface area contributed by atoms with Crippen molar-refractivity contribution >= 4 is 21.6 Å². The topological polar surface area (TPSA) is 126 Å². The first-order valence-electron chi connectivity index (χ1n) is 10.5. The molecule has 2 aliphatic heterocycles. The van der Waals surface area contributed by atoms with Crippen LogP contribution in [-0.2, 0) is 14.8 Å². The van der Waals surface area contributed by atoms with Crippen LogP contribution in [0.3, 0.4) is 0 Å². The molecule has 3 unspecified atom stereocenters. The molecule has 30 heavy (non-hydrogen) atoms. The van der Waals surface area contributed by atoms with Gasteiger partial charge in [-0.1, -0.05) is 12.8 Å². The smallest absolute Gasteiger partial charge is 0.240 e. The summed E-state index contributed by atoms with van der Waals surface area (Å²) < 4.78 is 26.2. The molecular weight excluding hydrogens is 404 g/mol. The molecule has 9 nitrogen and oxygen atoms in total. The van der Waals surface area contributed by atoms with Crippen LogP contribution in [0.1, 0.15) is 32.1 Å². The molecule has 1 aliphatic carbocycles. The number of hydrogen-bond acceptors (Lipinski definition) is 7. The Morgan fingerprint density at radius 1 is 1.13 bits per heavy atom. The van der Waals surface area contributed by atoms with Gasteiger partial charge in [0.25, 0.3) is 0 Å². The number of hydrogen-bond donors (Lipinski definition) is 4. The molecule has 3 aliphatic rings. The number of sulfonamides is 1. The molecule has 0 bridgehead atoms. The number of anilines is 1. The third kappa shape index (κ3) is 3.90. The summed E-state index contributed by atoms with van der Waals surface area (Å²) in [6.07, 6.45) is 4.49. The van der Waals surface area contributed by atoms with E-state index in [-0.39, 0.29) is 40.9 Å². The normalized spacial score (nSPS) is 32.1. The average molecular weight is 433 g/mol. The molecular formula is C20H28N6O3S. The number of carbonyl (C=O) groups is 1. The van der Waals surface area contributed by atoms with Gasteiger partial charge < -0.3 is 10.6 Å². The van der Waals surface area contributed by atoms with Crippen molar-refractivity contribution in [3.05, 3.63) is 24.3 Å². The zero-order valence-corrected chi connectivity index (χ0v) is 17.8. The lowest BCUT2D eigenvalue weighted by atomic mass is 9.83. The lowest BCUT2D eigenvalue weighted by Gasteiger charge is -2.39. The molecule has 0 radical (unpaired) electrons. The van der Waals surface area contributed by atoms with Crippen molar-refractivity contribution in [1.29, 1.82) is 5.26 Å². The zero-order valence-electron chi connectivity index (χ0n) is 17.0. The van der Waals surface area contributed by atoms with Gasteiger partial charge in [0.2, 0.25) is 15.9 Å². The largest absolute Gasteiger partial charge is 0.368 e. The van der Waals surface area contributed by atoms with Crippen molar-refractivity contribution < 1.29 is 13.2 Å². The Morgan fingerprint density at radius 3 is 2.57 bits per heavy atom. The van der Waals surface area contributed by atoms with Crippen LogP contribution in [0.15, 0.2) is 29.2 Å². The minimum atomic E-state index is -3.50. The first-order chi connectivity index (χ1) is 14.4. The fourth-order valence-electron chi connectivity index (χ4n) is 4.92. The fourth-order valence-corrected chi connectivity index (χ4v) is 5.65. The zero-order chi connectivity index (χ0) is 21.3. The Hall–Kier alpha value is -2.19. The van der Waals surface area contributed by atoms with Gasteiger partial charge in [0.05, 0.1) is 22.8 Å². The Bertz CT molecular complexity index is 929. The molecule has 1 amide bonds. The average Bonchev–Trinajstić information content (AvgIpc) is 3.13. The minimum absolute atomic E-state index is 0.00236. The highest BCUT2D eigenvalue weighted by Gasteiger charge is 2.51. The van der Waals surface area contributed by atoms with E-state index in [2.05, 4.69) is 31.9 Å². The monoisotopic (exact) mass is 432 g/mol. The summed E-state index contributed by atoms with van der Waals surface area (Å²) in [4.78, 5) is 12.9. The van der Waals surface area contributed by atoms with Crippen LogP contribution in [0.4, 0.5) is 5.69 Å². The van der Waals surface area contributed by atoms with E-state index < -0.39 is 10.0 Å². The number of hydrazine groups is 1. The van der Waals surface area contributed by atoms with Crippen molar-refractivity contribution in [1.82, 2.24) is 20.5 Å². The predicted octanol–water partition coefficient (Wildman–Crippen LogP) is 0.740. The Labute approximate surface area is 177 Å². The van der Waals surface area contributed by atoms with Gasteiger partial charge >= 0.3 is 0 Å². The molecule has 10 heteroatoms. The van der Waals surface area contributed by atoms with Gasteiger partial charge in [-0.25, -0.2) is 23.6 Å². The Balaban J connectivity index is 1.55. The van der Waals surface area contributed by atoms with Crippen LogP contribution in [-0.4, -0.2) is 51.2 Å². The van der Waals surface area contributed by atoms with Crippen LogP contribution < -0.4 is 20.8 Å². The van der Waals surface area contributed by atoms with Crippen LogP contribution in [0, 0.1) is 23.2 Å². The van der Waals surface area contributed by atoms with Gasteiger partial charge in [-0.2, -0.15) is 5.26 Å². The van der Waals surface area contributed by atoms with Crippen LogP contribution in [0.5, 0.6) is 0 Å². The molecule has 2 saturated heterocycles. The van der Waals surface area contributed by atoms with Crippen LogP contribution in [0.25, 0.3) is 0 Å². The standard InChI is InChI=1S/C20H28N6O3S/c1-22-30(28,29)15-8-6-14(7-9-15)24-19-18-17(10-11-23-20(18)27)26(25-19)16-5-3-2-4-13(16)12-21/h6-9,13,16-19,22,24-25H,2-5,10-11H2,1H3,(H,23,27)/t13-,16+,17?,18?,19?/m1/s1. The van der Waals surface area contributed by atoms with Gasteiger partial charge in [-0.05, 0) is 50.6 Å². The van der Waals surface area contributed by atoms with Crippen LogP contribution in [0.2, 0.25) is 0 Å². The van der Waals surface area contributed by atoms with E-state index in [1.165, 1.54) is 19.2 Å². The molecule has 1 saturated carbocycles. The third-order valence-electron chi connectivity index (χ3n) is 6.47. The Kier molecular flexibility index (Phi) is 5.97. The van der Waals surface area contributed by atoms with Crippen molar-refractivity contribution in [2.24, 2.45) is 11.8 Å². The van der Waals surface area contributed by atoms with Gasteiger partial charge in [0.1, 0.15) is 6.17 Å². The number of carbonyl (C=O) groups excluding carboxylic acids is 1. The van der Waals surface area contributed by atoms with Crippen molar-refractivity contribution in [2.45, 2.75) is 55.2 Å². The van der Waals surface area contributed by atoms with E-state index in [1.807, 2.05) is 0 Å².